The number of carbonyl (C=O) groups excluding carboxylic acids is 1. The minimum absolute atomic E-state index is 0.309. The van der Waals surface area contributed by atoms with Gasteiger partial charge >= 0.3 is 5.97 Å². The van der Waals surface area contributed by atoms with Crippen molar-refractivity contribution in [1.82, 2.24) is 10.3 Å². The minimum atomic E-state index is -1.10. The number of esters is 1. The number of aromatic nitrogens is 1. The molecule has 1 aliphatic heterocycles. The van der Waals surface area contributed by atoms with Gasteiger partial charge in [-0.1, -0.05) is 36.9 Å². The third-order valence-corrected chi connectivity index (χ3v) is 5.09. The summed E-state index contributed by atoms with van der Waals surface area (Å²) in [7, 11) is 1.36. The number of benzene rings is 2. The smallest absolute Gasteiger partial charge is 0.331 e. The number of halogens is 1. The number of H-pyrrole nitrogens is 1. The molecule has 1 aliphatic rings. The van der Waals surface area contributed by atoms with Gasteiger partial charge < -0.3 is 9.72 Å². The Morgan fingerprint density at radius 3 is 2.74 bits per heavy atom. The van der Waals surface area contributed by atoms with Crippen molar-refractivity contribution in [2.75, 3.05) is 7.11 Å². The molecule has 2 N–H and O–H groups in total. The lowest BCUT2D eigenvalue weighted by atomic mass is 9.81. The van der Waals surface area contributed by atoms with Crippen molar-refractivity contribution < 1.29 is 13.9 Å². The Labute approximate surface area is 156 Å². The number of fused-ring (bicyclic) bond motifs is 3. The minimum Gasteiger partial charge on any atom is -0.467 e. The molecule has 3 aromatic rings. The first-order valence-corrected chi connectivity index (χ1v) is 8.66. The maximum Gasteiger partial charge on any atom is 0.331 e. The number of aromatic amines is 1. The second-order valence-corrected chi connectivity index (χ2v) is 6.68. The van der Waals surface area contributed by atoms with Crippen LogP contribution in [0.15, 0.2) is 66.9 Å². The molecule has 0 amide bonds. The van der Waals surface area contributed by atoms with E-state index in [1.54, 1.807) is 18.2 Å². The van der Waals surface area contributed by atoms with Crippen molar-refractivity contribution in [1.29, 1.82) is 0 Å². The number of ether oxygens (including phenoxy) is 1. The van der Waals surface area contributed by atoms with Crippen molar-refractivity contribution in [2.24, 2.45) is 0 Å². The molecule has 2 atom stereocenters. The second-order valence-electron chi connectivity index (χ2n) is 6.68. The Bertz CT molecular complexity index is 1060. The van der Waals surface area contributed by atoms with Gasteiger partial charge in [-0.15, -0.1) is 5.73 Å². The second kappa shape index (κ2) is 6.54. The number of para-hydroxylation sites is 1. The highest BCUT2D eigenvalue weighted by Gasteiger charge is 2.45. The summed E-state index contributed by atoms with van der Waals surface area (Å²) < 4.78 is 18.5. The molecule has 0 aliphatic carbocycles. The van der Waals surface area contributed by atoms with E-state index in [9.17, 15) is 9.18 Å². The van der Waals surface area contributed by atoms with Gasteiger partial charge in [0.05, 0.1) is 13.2 Å². The molecule has 2 aromatic carbocycles. The van der Waals surface area contributed by atoms with E-state index in [4.69, 9.17) is 4.74 Å². The zero-order valence-corrected chi connectivity index (χ0v) is 14.9. The van der Waals surface area contributed by atoms with Gasteiger partial charge in [0.25, 0.3) is 0 Å². The van der Waals surface area contributed by atoms with Gasteiger partial charge in [0.15, 0.2) is 0 Å². The summed E-state index contributed by atoms with van der Waals surface area (Å²) in [6.07, 6.45) is 2.01. The molecule has 0 unspecified atom stereocenters. The molecule has 4 rings (SSSR count). The normalized spacial score (nSPS) is 21.3. The van der Waals surface area contributed by atoms with Crippen LogP contribution in [0.1, 0.15) is 22.9 Å². The molecule has 4 nitrogen and oxygen atoms in total. The van der Waals surface area contributed by atoms with Crippen molar-refractivity contribution >= 4 is 16.9 Å². The Kier molecular flexibility index (Phi) is 4.19. The van der Waals surface area contributed by atoms with E-state index in [1.807, 2.05) is 24.3 Å². The lowest BCUT2D eigenvalue weighted by Crippen LogP contribution is -2.57. The van der Waals surface area contributed by atoms with E-state index in [0.29, 0.717) is 6.42 Å². The van der Waals surface area contributed by atoms with Crippen LogP contribution < -0.4 is 5.32 Å². The van der Waals surface area contributed by atoms with Crippen LogP contribution in [0.4, 0.5) is 4.39 Å². The van der Waals surface area contributed by atoms with Crippen LogP contribution in [0.2, 0.25) is 0 Å². The van der Waals surface area contributed by atoms with Gasteiger partial charge in [-0.3, -0.25) is 5.32 Å². The van der Waals surface area contributed by atoms with Crippen molar-refractivity contribution in [3.8, 4) is 0 Å². The van der Waals surface area contributed by atoms with Crippen molar-refractivity contribution in [2.45, 2.75) is 18.0 Å². The van der Waals surface area contributed by atoms with Crippen LogP contribution in [-0.2, 0) is 16.0 Å². The highest BCUT2D eigenvalue weighted by molar-refractivity contribution is 5.90. The molecule has 1 aromatic heterocycles. The number of hydrogen-bond acceptors (Lipinski definition) is 3. The monoisotopic (exact) mass is 362 g/mol. The fraction of sp³-hybridized carbons (Fsp3) is 0.182. The summed E-state index contributed by atoms with van der Waals surface area (Å²) in [6.45, 7) is 3.65. The lowest BCUT2D eigenvalue weighted by molar-refractivity contribution is -0.147. The first-order valence-electron chi connectivity index (χ1n) is 8.66. The fourth-order valence-electron chi connectivity index (χ4n) is 3.86. The zero-order valence-electron chi connectivity index (χ0n) is 14.9. The predicted molar refractivity (Wildman–Crippen MR) is 102 cm³/mol. The average molecular weight is 362 g/mol. The van der Waals surface area contributed by atoms with Gasteiger partial charge in [0.2, 0.25) is 0 Å². The number of nitrogens with one attached hydrogen (secondary N) is 2. The molecule has 0 bridgehead atoms. The van der Waals surface area contributed by atoms with Gasteiger partial charge in [-0.2, -0.15) is 0 Å². The molecular formula is C22H19FN2O2. The summed E-state index contributed by atoms with van der Waals surface area (Å²) in [5, 5.41) is 4.43. The molecule has 0 saturated heterocycles. The summed E-state index contributed by atoms with van der Waals surface area (Å²) in [5.74, 6) is -0.724. The number of rotatable bonds is 3. The van der Waals surface area contributed by atoms with Crippen LogP contribution >= 0.6 is 0 Å². The Morgan fingerprint density at radius 2 is 2.04 bits per heavy atom. The largest absolute Gasteiger partial charge is 0.467 e. The number of methoxy groups -OCH3 is 1. The van der Waals surface area contributed by atoms with Crippen LogP contribution in [-0.4, -0.2) is 23.6 Å². The van der Waals surface area contributed by atoms with Crippen LogP contribution in [0.5, 0.6) is 0 Å². The summed E-state index contributed by atoms with van der Waals surface area (Å²) >= 11 is 0. The third kappa shape index (κ3) is 2.78. The van der Waals surface area contributed by atoms with E-state index in [2.05, 4.69) is 22.6 Å². The fourth-order valence-corrected chi connectivity index (χ4v) is 3.86. The first-order chi connectivity index (χ1) is 13.1. The Hall–Kier alpha value is -3.14. The van der Waals surface area contributed by atoms with Crippen LogP contribution in [0.25, 0.3) is 10.9 Å². The van der Waals surface area contributed by atoms with Gasteiger partial charge in [0.1, 0.15) is 11.4 Å². The van der Waals surface area contributed by atoms with Crippen LogP contribution in [0, 0.1) is 5.82 Å². The third-order valence-electron chi connectivity index (χ3n) is 5.09. The molecule has 2 heterocycles. The van der Waals surface area contributed by atoms with Crippen molar-refractivity contribution in [3.05, 3.63) is 89.6 Å². The highest BCUT2D eigenvalue weighted by Crippen LogP contribution is 2.39. The Balaban J connectivity index is 1.96. The summed E-state index contributed by atoms with van der Waals surface area (Å²) in [4.78, 5) is 16.2. The molecule has 0 spiro atoms. The number of hydrogen-bond donors (Lipinski definition) is 2. The first kappa shape index (κ1) is 17.3. The maximum absolute atomic E-state index is 13.4. The lowest BCUT2D eigenvalue weighted by Gasteiger charge is -2.38. The predicted octanol–water partition coefficient (Wildman–Crippen LogP) is 3.80. The Morgan fingerprint density at radius 1 is 1.30 bits per heavy atom. The maximum atomic E-state index is 13.4. The standard InChI is InChI=1S/C22H19FN2O2/c1-3-12-22(21(26)27-2)13-17-16-6-4-5-7-18(16)24-20(17)19(25-22)14-8-10-15(23)11-9-14/h4-12,19,24-25H,1,13H2,2H3/t19-,22+/m0/s1. The number of carbonyl (C=O) groups is 1. The quantitative estimate of drug-likeness (QED) is 0.550. The summed E-state index contributed by atoms with van der Waals surface area (Å²) in [6, 6.07) is 13.9. The molecule has 5 heteroatoms. The molecule has 136 valence electrons. The van der Waals surface area contributed by atoms with E-state index in [1.165, 1.54) is 19.2 Å². The van der Waals surface area contributed by atoms with Crippen molar-refractivity contribution in [3.63, 3.8) is 0 Å². The van der Waals surface area contributed by atoms with E-state index < -0.39 is 11.5 Å². The zero-order chi connectivity index (χ0) is 19.0. The van der Waals surface area contributed by atoms with Gasteiger partial charge in [0, 0.05) is 23.0 Å². The molecular weight excluding hydrogens is 343 g/mol. The van der Waals surface area contributed by atoms with Gasteiger partial charge in [-0.05, 0) is 35.4 Å². The summed E-state index contributed by atoms with van der Waals surface area (Å²) in [5.41, 5.74) is 5.44. The van der Waals surface area contributed by atoms with Gasteiger partial charge in [-0.25, -0.2) is 9.18 Å². The SMILES string of the molecule is C=C=C[C@]1(C(=O)OC)Cc2c([nH]c3ccccc23)[C@H](c2ccc(F)cc2)N1. The highest BCUT2D eigenvalue weighted by atomic mass is 19.1. The molecule has 0 radical (unpaired) electrons. The van der Waals surface area contributed by atoms with E-state index >= 15 is 0 Å². The van der Waals surface area contributed by atoms with E-state index in [-0.39, 0.29) is 11.9 Å². The molecule has 0 saturated carbocycles. The molecule has 27 heavy (non-hydrogen) atoms. The van der Waals surface area contributed by atoms with E-state index in [0.717, 1.165) is 27.7 Å². The molecule has 0 fully saturated rings. The van der Waals surface area contributed by atoms with Crippen LogP contribution in [0.3, 0.4) is 0 Å². The topological polar surface area (TPSA) is 54.1 Å². The average Bonchev–Trinajstić information content (AvgIpc) is 3.06.